The summed E-state index contributed by atoms with van der Waals surface area (Å²) < 4.78 is 0. The van der Waals surface area contributed by atoms with Crippen molar-refractivity contribution < 1.29 is 15.0 Å². The summed E-state index contributed by atoms with van der Waals surface area (Å²) in [6.07, 6.45) is 1.35. The van der Waals surface area contributed by atoms with Gasteiger partial charge in [-0.05, 0) is 6.42 Å². The second kappa shape index (κ2) is 4.74. The second-order valence-corrected chi connectivity index (χ2v) is 1.39. The standard InChI is InChI=1S/C5H9O3/c6-3-1-2-5(8)4-7/h2-3,5,7-8H,1,4H2. The average Bonchev–Trinajstić information content (AvgIpc) is 1.83. The minimum absolute atomic E-state index is 0.196. The number of hydrogen-bond acceptors (Lipinski definition) is 3. The monoisotopic (exact) mass is 117 g/mol. The van der Waals surface area contributed by atoms with Gasteiger partial charge in [0.05, 0.1) is 12.7 Å². The summed E-state index contributed by atoms with van der Waals surface area (Å²) in [7, 11) is 0. The van der Waals surface area contributed by atoms with E-state index in [-0.39, 0.29) is 13.0 Å². The maximum Gasteiger partial charge on any atom is 0.120 e. The van der Waals surface area contributed by atoms with Gasteiger partial charge in [-0.25, -0.2) is 0 Å². The Morgan fingerprint density at radius 1 is 1.62 bits per heavy atom. The van der Waals surface area contributed by atoms with Crippen LogP contribution in [0.1, 0.15) is 6.42 Å². The van der Waals surface area contributed by atoms with Crippen LogP contribution in [0.4, 0.5) is 0 Å². The molecule has 3 nitrogen and oxygen atoms in total. The Kier molecular flexibility index (Phi) is 4.50. The van der Waals surface area contributed by atoms with Gasteiger partial charge in [0.1, 0.15) is 6.29 Å². The van der Waals surface area contributed by atoms with Gasteiger partial charge >= 0.3 is 0 Å². The molecule has 0 spiro atoms. The number of aldehydes is 1. The Morgan fingerprint density at radius 3 is 2.62 bits per heavy atom. The highest BCUT2D eigenvalue weighted by Crippen LogP contribution is 1.89. The van der Waals surface area contributed by atoms with E-state index >= 15 is 0 Å². The molecule has 0 aliphatic heterocycles. The quantitative estimate of drug-likeness (QED) is 0.471. The molecule has 3 heteroatoms. The van der Waals surface area contributed by atoms with E-state index < -0.39 is 6.10 Å². The molecule has 1 atom stereocenters. The third kappa shape index (κ3) is 3.77. The predicted octanol–water partition coefficient (Wildman–Crippen LogP) is -0.867. The molecule has 2 N–H and O–H groups in total. The zero-order valence-corrected chi connectivity index (χ0v) is 4.45. The zero-order chi connectivity index (χ0) is 6.41. The lowest BCUT2D eigenvalue weighted by Gasteiger charge is -2.00. The summed E-state index contributed by atoms with van der Waals surface area (Å²) in [4.78, 5) is 9.60. The van der Waals surface area contributed by atoms with Gasteiger partial charge in [-0.2, -0.15) is 0 Å². The lowest BCUT2D eigenvalue weighted by atomic mass is 10.2. The minimum Gasteiger partial charge on any atom is -0.394 e. The summed E-state index contributed by atoms with van der Waals surface area (Å²) in [5, 5.41) is 16.7. The van der Waals surface area contributed by atoms with Gasteiger partial charge in [0.15, 0.2) is 0 Å². The van der Waals surface area contributed by atoms with Crippen LogP contribution in [0.5, 0.6) is 0 Å². The van der Waals surface area contributed by atoms with Crippen molar-refractivity contribution in [2.45, 2.75) is 12.5 Å². The lowest BCUT2D eigenvalue weighted by Crippen LogP contribution is -2.12. The SMILES string of the molecule is O=CC[CH]C(O)CO. The summed E-state index contributed by atoms with van der Waals surface area (Å²) in [6, 6.07) is 0. The maximum absolute atomic E-state index is 9.60. The van der Waals surface area contributed by atoms with E-state index in [0.717, 1.165) is 0 Å². The molecule has 0 heterocycles. The Balaban J connectivity index is 2.97. The molecule has 0 aromatic heterocycles. The van der Waals surface area contributed by atoms with E-state index in [1.807, 2.05) is 0 Å². The molecule has 0 aliphatic rings. The first kappa shape index (κ1) is 7.59. The van der Waals surface area contributed by atoms with Gasteiger partial charge in [0, 0.05) is 6.42 Å². The van der Waals surface area contributed by atoms with E-state index in [1.54, 1.807) is 0 Å². The van der Waals surface area contributed by atoms with Crippen molar-refractivity contribution in [3.05, 3.63) is 6.42 Å². The Labute approximate surface area is 47.9 Å². The topological polar surface area (TPSA) is 57.5 Å². The normalized spacial score (nSPS) is 13.2. The lowest BCUT2D eigenvalue weighted by molar-refractivity contribution is -0.107. The van der Waals surface area contributed by atoms with Crippen LogP contribution in [0.2, 0.25) is 0 Å². The van der Waals surface area contributed by atoms with E-state index in [9.17, 15) is 4.79 Å². The van der Waals surface area contributed by atoms with Crippen molar-refractivity contribution in [3.8, 4) is 0 Å². The number of aliphatic hydroxyl groups is 2. The zero-order valence-electron chi connectivity index (χ0n) is 4.45. The number of rotatable bonds is 4. The van der Waals surface area contributed by atoms with Crippen LogP contribution in [0.25, 0.3) is 0 Å². The second-order valence-electron chi connectivity index (χ2n) is 1.39. The molecule has 0 saturated carbocycles. The van der Waals surface area contributed by atoms with Crippen molar-refractivity contribution in [3.63, 3.8) is 0 Å². The van der Waals surface area contributed by atoms with Gasteiger partial charge in [-0.15, -0.1) is 0 Å². The van der Waals surface area contributed by atoms with Crippen molar-refractivity contribution in [1.29, 1.82) is 0 Å². The fourth-order valence-electron chi connectivity index (χ4n) is 0.287. The van der Waals surface area contributed by atoms with Gasteiger partial charge in [-0.1, -0.05) is 0 Å². The summed E-state index contributed by atoms with van der Waals surface area (Å²) >= 11 is 0. The van der Waals surface area contributed by atoms with Crippen molar-refractivity contribution >= 4 is 6.29 Å². The molecule has 0 rings (SSSR count). The third-order valence-corrected chi connectivity index (χ3v) is 0.691. The van der Waals surface area contributed by atoms with E-state index in [2.05, 4.69) is 0 Å². The van der Waals surface area contributed by atoms with Gasteiger partial charge < -0.3 is 15.0 Å². The van der Waals surface area contributed by atoms with Crippen molar-refractivity contribution in [2.75, 3.05) is 6.61 Å². The van der Waals surface area contributed by atoms with Crippen LogP contribution in [0.3, 0.4) is 0 Å². The van der Waals surface area contributed by atoms with Gasteiger partial charge in [0.25, 0.3) is 0 Å². The predicted molar refractivity (Wildman–Crippen MR) is 28.1 cm³/mol. The van der Waals surface area contributed by atoms with Crippen LogP contribution >= 0.6 is 0 Å². The first-order chi connectivity index (χ1) is 3.81. The molecule has 0 bridgehead atoms. The molecule has 0 amide bonds. The molecular formula is C5H9O3. The number of aliphatic hydroxyl groups excluding tert-OH is 2. The fraction of sp³-hybridized carbons (Fsp3) is 0.600. The van der Waals surface area contributed by atoms with E-state index in [0.29, 0.717) is 6.29 Å². The van der Waals surface area contributed by atoms with Crippen LogP contribution in [-0.2, 0) is 4.79 Å². The first-order valence-corrected chi connectivity index (χ1v) is 2.37. The summed E-state index contributed by atoms with van der Waals surface area (Å²) in [6.45, 7) is -0.312. The Morgan fingerprint density at radius 2 is 2.25 bits per heavy atom. The summed E-state index contributed by atoms with van der Waals surface area (Å²) in [5.41, 5.74) is 0. The molecule has 0 aromatic rings. The Hall–Kier alpha value is -0.410. The maximum atomic E-state index is 9.60. The average molecular weight is 117 g/mol. The highest BCUT2D eigenvalue weighted by Gasteiger charge is 1.98. The third-order valence-electron chi connectivity index (χ3n) is 0.691. The van der Waals surface area contributed by atoms with Crippen LogP contribution < -0.4 is 0 Å². The van der Waals surface area contributed by atoms with E-state index in [4.69, 9.17) is 10.2 Å². The molecule has 1 unspecified atom stereocenters. The summed E-state index contributed by atoms with van der Waals surface area (Å²) in [5.74, 6) is 0. The fourth-order valence-corrected chi connectivity index (χ4v) is 0.287. The molecule has 47 valence electrons. The molecular weight excluding hydrogens is 108 g/mol. The highest BCUT2D eigenvalue weighted by atomic mass is 16.3. The van der Waals surface area contributed by atoms with E-state index in [1.165, 1.54) is 6.42 Å². The minimum atomic E-state index is -0.847. The Bertz CT molecular complexity index is 62.7. The number of hydrogen-bond donors (Lipinski definition) is 2. The highest BCUT2D eigenvalue weighted by molar-refractivity contribution is 5.51. The molecule has 0 fully saturated rings. The largest absolute Gasteiger partial charge is 0.394 e. The number of carbonyl (C=O) groups is 1. The molecule has 0 saturated heterocycles. The first-order valence-electron chi connectivity index (χ1n) is 2.37. The number of carbonyl (C=O) groups excluding carboxylic acids is 1. The van der Waals surface area contributed by atoms with Crippen molar-refractivity contribution in [1.82, 2.24) is 0 Å². The van der Waals surface area contributed by atoms with Gasteiger partial charge in [-0.3, -0.25) is 0 Å². The van der Waals surface area contributed by atoms with Crippen molar-refractivity contribution in [2.24, 2.45) is 0 Å². The molecule has 0 aromatic carbocycles. The molecule has 0 aliphatic carbocycles. The van der Waals surface area contributed by atoms with Crippen LogP contribution in [0.15, 0.2) is 0 Å². The van der Waals surface area contributed by atoms with Crippen LogP contribution in [0, 0.1) is 6.42 Å². The smallest absolute Gasteiger partial charge is 0.120 e. The molecule has 1 radical (unpaired) electrons. The molecule has 8 heavy (non-hydrogen) atoms. The van der Waals surface area contributed by atoms with Crippen LogP contribution in [-0.4, -0.2) is 29.2 Å². The van der Waals surface area contributed by atoms with Gasteiger partial charge in [0.2, 0.25) is 0 Å².